The Bertz CT molecular complexity index is 1180. The van der Waals surface area contributed by atoms with Gasteiger partial charge in [-0.25, -0.2) is 18.2 Å². The lowest BCUT2D eigenvalue weighted by atomic mass is 10.2. The molecule has 11 heteroatoms. The number of amides is 1. The standard InChI is InChI=1S/C18H14F3N7O/c1-10-6-14(15(20)21)28-18(23-10)25-16(26-28)17(29)24-13-7-22-27(9-13)8-11-2-4-12(19)5-3-11/h2-7,9,15H,8H2,1H3,(H,24,29). The molecule has 3 aromatic heterocycles. The smallest absolute Gasteiger partial charge is 0.295 e. The van der Waals surface area contributed by atoms with Crippen molar-refractivity contribution in [2.24, 2.45) is 0 Å². The summed E-state index contributed by atoms with van der Waals surface area (Å²) in [6.07, 6.45) is 0.204. The number of fused-ring (bicyclic) bond motifs is 1. The molecule has 0 aliphatic heterocycles. The van der Waals surface area contributed by atoms with Crippen LogP contribution in [0.25, 0.3) is 5.78 Å². The number of carbonyl (C=O) groups is 1. The number of hydrogen-bond acceptors (Lipinski definition) is 5. The molecular weight excluding hydrogens is 387 g/mol. The molecule has 0 bridgehead atoms. The van der Waals surface area contributed by atoms with E-state index in [0.29, 0.717) is 17.9 Å². The normalized spacial score (nSPS) is 11.3. The highest BCUT2D eigenvalue weighted by Gasteiger charge is 2.20. The van der Waals surface area contributed by atoms with Gasteiger partial charge in [0.25, 0.3) is 18.1 Å². The van der Waals surface area contributed by atoms with E-state index < -0.39 is 18.0 Å². The molecule has 0 aliphatic carbocycles. The summed E-state index contributed by atoms with van der Waals surface area (Å²) in [5, 5.41) is 10.5. The van der Waals surface area contributed by atoms with Gasteiger partial charge in [-0.2, -0.15) is 14.6 Å². The lowest BCUT2D eigenvalue weighted by molar-refractivity contribution is 0.101. The molecule has 4 aromatic rings. The van der Waals surface area contributed by atoms with E-state index in [1.165, 1.54) is 24.4 Å². The topological polar surface area (TPSA) is 90.0 Å². The highest BCUT2D eigenvalue weighted by atomic mass is 19.3. The first-order valence-electron chi connectivity index (χ1n) is 8.50. The number of aryl methyl sites for hydroxylation is 1. The van der Waals surface area contributed by atoms with Gasteiger partial charge in [-0.15, -0.1) is 5.10 Å². The fraction of sp³-hybridized carbons (Fsp3) is 0.167. The Balaban J connectivity index is 1.52. The van der Waals surface area contributed by atoms with Gasteiger partial charge in [0.05, 0.1) is 18.4 Å². The second-order valence-corrected chi connectivity index (χ2v) is 6.28. The van der Waals surface area contributed by atoms with E-state index in [4.69, 9.17) is 0 Å². The third kappa shape index (κ3) is 3.93. The molecular formula is C18H14F3N7O. The number of hydrogen-bond donors (Lipinski definition) is 1. The van der Waals surface area contributed by atoms with Crippen molar-refractivity contribution in [3.8, 4) is 0 Å². The molecule has 29 heavy (non-hydrogen) atoms. The number of carbonyl (C=O) groups excluding carboxylic acids is 1. The Kier molecular flexibility index (Phi) is 4.71. The minimum Gasteiger partial charge on any atom is -0.316 e. The molecule has 0 saturated carbocycles. The summed E-state index contributed by atoms with van der Waals surface area (Å²) in [7, 11) is 0. The first kappa shape index (κ1) is 18.6. The zero-order valence-corrected chi connectivity index (χ0v) is 15.1. The molecule has 148 valence electrons. The summed E-state index contributed by atoms with van der Waals surface area (Å²) < 4.78 is 41.8. The maximum atomic E-state index is 13.2. The van der Waals surface area contributed by atoms with Crippen LogP contribution in [0.5, 0.6) is 0 Å². The molecule has 0 aliphatic rings. The Morgan fingerprint density at radius 3 is 2.69 bits per heavy atom. The van der Waals surface area contributed by atoms with Crippen molar-refractivity contribution in [3.63, 3.8) is 0 Å². The minimum atomic E-state index is -2.79. The molecule has 0 radical (unpaired) electrons. The highest BCUT2D eigenvalue weighted by Crippen LogP contribution is 2.20. The van der Waals surface area contributed by atoms with Crippen LogP contribution >= 0.6 is 0 Å². The average Bonchev–Trinajstić information content (AvgIpc) is 3.29. The predicted molar refractivity (Wildman–Crippen MR) is 96.2 cm³/mol. The molecule has 0 atom stereocenters. The van der Waals surface area contributed by atoms with Crippen LogP contribution in [-0.4, -0.2) is 35.3 Å². The molecule has 0 spiro atoms. The zero-order valence-electron chi connectivity index (χ0n) is 15.1. The minimum absolute atomic E-state index is 0.0857. The van der Waals surface area contributed by atoms with Crippen molar-refractivity contribution in [2.75, 3.05) is 5.32 Å². The molecule has 8 nitrogen and oxygen atoms in total. The summed E-state index contributed by atoms with van der Waals surface area (Å²) >= 11 is 0. The summed E-state index contributed by atoms with van der Waals surface area (Å²) in [5.74, 6) is -1.40. The van der Waals surface area contributed by atoms with Crippen molar-refractivity contribution < 1.29 is 18.0 Å². The molecule has 1 N–H and O–H groups in total. The van der Waals surface area contributed by atoms with Crippen LogP contribution in [0.2, 0.25) is 0 Å². The van der Waals surface area contributed by atoms with Crippen molar-refractivity contribution in [1.82, 2.24) is 29.4 Å². The first-order valence-corrected chi connectivity index (χ1v) is 8.50. The Labute approximate surface area is 162 Å². The van der Waals surface area contributed by atoms with E-state index >= 15 is 0 Å². The number of nitrogens with one attached hydrogen (secondary N) is 1. The number of halogens is 3. The first-order chi connectivity index (χ1) is 13.9. The summed E-state index contributed by atoms with van der Waals surface area (Å²) in [5.41, 5.74) is 1.14. The van der Waals surface area contributed by atoms with Crippen molar-refractivity contribution in [1.29, 1.82) is 0 Å². The number of alkyl halides is 2. The number of benzene rings is 1. The van der Waals surface area contributed by atoms with Crippen LogP contribution in [0.15, 0.2) is 42.7 Å². The SMILES string of the molecule is Cc1cc(C(F)F)n2nc(C(=O)Nc3cnn(Cc4ccc(F)cc4)c3)nc2n1. The zero-order chi connectivity index (χ0) is 20.5. The maximum Gasteiger partial charge on any atom is 0.295 e. The Morgan fingerprint density at radius 1 is 1.21 bits per heavy atom. The predicted octanol–water partition coefficient (Wildman–Crippen LogP) is 3.01. The van der Waals surface area contributed by atoms with Crippen LogP contribution in [-0.2, 0) is 6.54 Å². The van der Waals surface area contributed by atoms with Crippen molar-refractivity contribution in [3.05, 3.63) is 71.3 Å². The quantitative estimate of drug-likeness (QED) is 0.555. The van der Waals surface area contributed by atoms with Gasteiger partial charge in [0, 0.05) is 11.9 Å². The van der Waals surface area contributed by atoms with E-state index in [1.54, 1.807) is 29.9 Å². The summed E-state index contributed by atoms with van der Waals surface area (Å²) in [4.78, 5) is 20.4. The maximum absolute atomic E-state index is 13.2. The molecule has 0 fully saturated rings. The highest BCUT2D eigenvalue weighted by molar-refractivity contribution is 6.01. The third-order valence-electron chi connectivity index (χ3n) is 4.04. The fourth-order valence-electron chi connectivity index (χ4n) is 2.74. The van der Waals surface area contributed by atoms with Crippen LogP contribution in [0.4, 0.5) is 18.9 Å². The number of nitrogens with zero attached hydrogens (tertiary/aromatic N) is 6. The molecule has 0 saturated heterocycles. The average molecular weight is 401 g/mol. The lowest BCUT2D eigenvalue weighted by Gasteiger charge is -2.02. The molecule has 4 rings (SSSR count). The largest absolute Gasteiger partial charge is 0.316 e. The molecule has 1 aromatic carbocycles. The van der Waals surface area contributed by atoms with Gasteiger partial charge in [0.15, 0.2) is 0 Å². The van der Waals surface area contributed by atoms with Gasteiger partial charge in [0.2, 0.25) is 5.82 Å². The monoisotopic (exact) mass is 401 g/mol. The van der Waals surface area contributed by atoms with Gasteiger partial charge < -0.3 is 5.32 Å². The Hall–Kier alpha value is -3.76. The van der Waals surface area contributed by atoms with E-state index in [0.717, 1.165) is 10.1 Å². The lowest BCUT2D eigenvalue weighted by Crippen LogP contribution is -2.13. The van der Waals surface area contributed by atoms with Crippen LogP contribution < -0.4 is 5.32 Å². The van der Waals surface area contributed by atoms with E-state index in [1.807, 2.05) is 0 Å². The van der Waals surface area contributed by atoms with Crippen LogP contribution in [0, 0.1) is 12.7 Å². The molecule has 3 heterocycles. The fourth-order valence-corrected chi connectivity index (χ4v) is 2.74. The van der Waals surface area contributed by atoms with Gasteiger partial charge in [0.1, 0.15) is 11.5 Å². The Morgan fingerprint density at radius 2 is 1.97 bits per heavy atom. The van der Waals surface area contributed by atoms with Crippen molar-refractivity contribution in [2.45, 2.75) is 19.9 Å². The number of aromatic nitrogens is 6. The van der Waals surface area contributed by atoms with E-state index in [9.17, 15) is 18.0 Å². The van der Waals surface area contributed by atoms with E-state index in [2.05, 4.69) is 25.5 Å². The number of anilines is 1. The third-order valence-corrected chi connectivity index (χ3v) is 4.04. The van der Waals surface area contributed by atoms with Gasteiger partial charge in [-0.3, -0.25) is 9.48 Å². The van der Waals surface area contributed by atoms with E-state index in [-0.39, 0.29) is 17.4 Å². The second-order valence-electron chi connectivity index (χ2n) is 6.28. The van der Waals surface area contributed by atoms with Crippen LogP contribution in [0.3, 0.4) is 0 Å². The van der Waals surface area contributed by atoms with Gasteiger partial charge in [-0.05, 0) is 30.7 Å². The summed E-state index contributed by atoms with van der Waals surface area (Å²) in [6.45, 7) is 1.93. The van der Waals surface area contributed by atoms with Gasteiger partial charge in [-0.1, -0.05) is 12.1 Å². The van der Waals surface area contributed by atoms with Crippen molar-refractivity contribution >= 4 is 17.4 Å². The van der Waals surface area contributed by atoms with Gasteiger partial charge >= 0.3 is 0 Å². The summed E-state index contributed by atoms with van der Waals surface area (Å²) in [6, 6.07) is 7.14. The molecule has 1 amide bonds. The molecule has 0 unspecified atom stereocenters. The number of rotatable bonds is 5. The van der Waals surface area contributed by atoms with Crippen LogP contribution in [0.1, 0.15) is 34.0 Å². The second kappa shape index (κ2) is 7.34.